The van der Waals surface area contributed by atoms with E-state index in [0.29, 0.717) is 41.7 Å². The van der Waals surface area contributed by atoms with E-state index in [2.05, 4.69) is 36.7 Å². The van der Waals surface area contributed by atoms with E-state index in [-0.39, 0.29) is 15.7 Å². The highest BCUT2D eigenvalue weighted by Crippen LogP contribution is 2.66. The molecule has 0 amide bonds. The number of hydrogen-bond donors (Lipinski definition) is 0. The first-order chi connectivity index (χ1) is 10.8. The van der Waals surface area contributed by atoms with E-state index in [4.69, 9.17) is 0 Å². The zero-order valence-electron chi connectivity index (χ0n) is 14.4. The minimum Gasteiger partial charge on any atom is -0.299 e. The average Bonchev–Trinajstić information content (AvgIpc) is 2.82. The van der Waals surface area contributed by atoms with Gasteiger partial charge in [0, 0.05) is 23.1 Å². The van der Waals surface area contributed by atoms with E-state index < -0.39 is 0 Å². The Balaban J connectivity index is 1.79. The Labute approximate surface area is 147 Å². The Morgan fingerprint density at radius 3 is 2.48 bits per heavy atom. The number of ketones is 2. The van der Waals surface area contributed by atoms with E-state index >= 15 is 0 Å². The number of Topliss-reactive ketones (excluding diaryl/α,β-unsaturated/α-hetero) is 1. The summed E-state index contributed by atoms with van der Waals surface area (Å²) in [4.78, 5) is 24.8. The van der Waals surface area contributed by atoms with Crippen molar-refractivity contribution in [1.29, 1.82) is 0 Å². The number of fused-ring (bicyclic) bond motifs is 5. The van der Waals surface area contributed by atoms with E-state index in [1.165, 1.54) is 5.57 Å². The molecule has 7 atom stereocenters. The second-order valence-corrected chi connectivity index (χ2v) is 9.94. The SMILES string of the molecule is CC1C(Br)C2=CC(=O)CC[C@]2(C)[C@@H]2CC[C@]3(C)C(=O)CC[C@H]3[C@H]12. The molecule has 3 fully saturated rings. The molecule has 4 aliphatic rings. The largest absolute Gasteiger partial charge is 0.299 e. The quantitative estimate of drug-likeness (QED) is 0.572. The van der Waals surface area contributed by atoms with Crippen LogP contribution in [0.2, 0.25) is 0 Å². The van der Waals surface area contributed by atoms with Crippen LogP contribution in [0.15, 0.2) is 11.6 Å². The fraction of sp³-hybridized carbons (Fsp3) is 0.800. The molecule has 0 saturated heterocycles. The first-order valence-corrected chi connectivity index (χ1v) is 10.1. The van der Waals surface area contributed by atoms with E-state index in [1.54, 1.807) is 0 Å². The third-order valence-electron chi connectivity index (χ3n) is 8.09. The lowest BCUT2D eigenvalue weighted by atomic mass is 9.45. The van der Waals surface area contributed by atoms with E-state index in [1.807, 2.05) is 6.08 Å². The van der Waals surface area contributed by atoms with Crippen LogP contribution in [-0.2, 0) is 9.59 Å². The molecule has 0 aromatic heterocycles. The lowest BCUT2D eigenvalue weighted by Crippen LogP contribution is -2.56. The van der Waals surface area contributed by atoms with Crippen LogP contribution in [0.1, 0.15) is 59.3 Å². The highest BCUT2D eigenvalue weighted by molar-refractivity contribution is 9.09. The van der Waals surface area contributed by atoms with Crippen molar-refractivity contribution in [3.8, 4) is 0 Å². The molecule has 0 N–H and O–H groups in total. The van der Waals surface area contributed by atoms with Gasteiger partial charge in [-0.1, -0.05) is 36.7 Å². The first kappa shape index (κ1) is 16.1. The maximum Gasteiger partial charge on any atom is 0.155 e. The molecular formula is C20H27BrO2. The molecule has 126 valence electrons. The summed E-state index contributed by atoms with van der Waals surface area (Å²) in [5, 5.41) is 0. The molecule has 0 heterocycles. The molecule has 0 aromatic carbocycles. The summed E-state index contributed by atoms with van der Waals surface area (Å²) in [6.45, 7) is 6.96. The third kappa shape index (κ3) is 1.98. The molecule has 2 unspecified atom stereocenters. The lowest BCUT2D eigenvalue weighted by molar-refractivity contribution is -0.134. The smallest absolute Gasteiger partial charge is 0.155 e. The van der Waals surface area contributed by atoms with Crippen LogP contribution < -0.4 is 0 Å². The summed E-state index contributed by atoms with van der Waals surface area (Å²) in [5.41, 5.74) is 1.41. The summed E-state index contributed by atoms with van der Waals surface area (Å²) in [6.07, 6.45) is 7.69. The number of hydrogen-bond acceptors (Lipinski definition) is 2. The van der Waals surface area contributed by atoms with Gasteiger partial charge in [0.25, 0.3) is 0 Å². The predicted molar refractivity (Wildman–Crippen MR) is 94.4 cm³/mol. The summed E-state index contributed by atoms with van der Waals surface area (Å²) >= 11 is 3.94. The predicted octanol–water partition coefficient (Wildman–Crippen LogP) is 4.71. The van der Waals surface area contributed by atoms with Crippen molar-refractivity contribution in [2.24, 2.45) is 34.5 Å². The molecule has 0 aromatic rings. The van der Waals surface area contributed by atoms with Gasteiger partial charge in [-0.2, -0.15) is 0 Å². The van der Waals surface area contributed by atoms with Crippen molar-refractivity contribution in [1.82, 2.24) is 0 Å². The molecule has 4 aliphatic carbocycles. The highest BCUT2D eigenvalue weighted by atomic mass is 79.9. The zero-order chi connectivity index (χ0) is 16.6. The normalized spacial score (nSPS) is 52.5. The number of rotatable bonds is 0. The van der Waals surface area contributed by atoms with Crippen LogP contribution in [0.25, 0.3) is 0 Å². The molecule has 3 heteroatoms. The molecule has 4 rings (SSSR count). The summed E-state index contributed by atoms with van der Waals surface area (Å²) < 4.78 is 0. The highest BCUT2D eigenvalue weighted by Gasteiger charge is 2.62. The molecule has 2 nitrogen and oxygen atoms in total. The van der Waals surface area contributed by atoms with Crippen LogP contribution in [0.3, 0.4) is 0 Å². The Bertz CT molecular complexity index is 609. The first-order valence-electron chi connectivity index (χ1n) is 9.21. The zero-order valence-corrected chi connectivity index (χ0v) is 16.0. The van der Waals surface area contributed by atoms with Gasteiger partial charge < -0.3 is 0 Å². The van der Waals surface area contributed by atoms with Gasteiger partial charge in [0.2, 0.25) is 0 Å². The average molecular weight is 379 g/mol. The second kappa shape index (κ2) is 5.03. The van der Waals surface area contributed by atoms with Gasteiger partial charge >= 0.3 is 0 Å². The summed E-state index contributed by atoms with van der Waals surface area (Å²) in [6, 6.07) is 0. The Kier molecular flexibility index (Phi) is 3.51. The minimum atomic E-state index is -0.0792. The van der Waals surface area contributed by atoms with Crippen LogP contribution in [0.5, 0.6) is 0 Å². The van der Waals surface area contributed by atoms with Crippen molar-refractivity contribution in [2.45, 2.75) is 64.1 Å². The van der Waals surface area contributed by atoms with E-state index in [9.17, 15) is 9.59 Å². The van der Waals surface area contributed by atoms with Gasteiger partial charge in [-0.3, -0.25) is 9.59 Å². The summed E-state index contributed by atoms with van der Waals surface area (Å²) in [7, 11) is 0. The van der Waals surface area contributed by atoms with Gasteiger partial charge in [0.15, 0.2) is 5.78 Å². The molecule has 0 spiro atoms. The molecule has 23 heavy (non-hydrogen) atoms. The Morgan fingerprint density at radius 2 is 1.74 bits per heavy atom. The number of carbonyl (C=O) groups excluding carboxylic acids is 2. The van der Waals surface area contributed by atoms with Crippen molar-refractivity contribution in [2.75, 3.05) is 0 Å². The number of halogens is 1. The van der Waals surface area contributed by atoms with Gasteiger partial charge in [-0.15, -0.1) is 0 Å². The van der Waals surface area contributed by atoms with Crippen molar-refractivity contribution >= 4 is 27.5 Å². The third-order valence-corrected chi connectivity index (χ3v) is 9.42. The van der Waals surface area contributed by atoms with Crippen LogP contribution in [-0.4, -0.2) is 16.4 Å². The molecule has 3 saturated carbocycles. The van der Waals surface area contributed by atoms with Gasteiger partial charge in [0.05, 0.1) is 0 Å². The number of allylic oxidation sites excluding steroid dienone is 1. The Hall–Kier alpha value is -0.440. The van der Waals surface area contributed by atoms with Gasteiger partial charge in [0.1, 0.15) is 5.78 Å². The second-order valence-electron chi connectivity index (χ2n) is 8.95. The fourth-order valence-electron chi connectivity index (χ4n) is 6.65. The maximum atomic E-state index is 12.5. The monoisotopic (exact) mass is 378 g/mol. The van der Waals surface area contributed by atoms with Crippen molar-refractivity contribution in [3.63, 3.8) is 0 Å². The standard InChI is InChI=1S/C20H27BrO2/c1-11-17-13-4-5-16(23)20(13,3)9-7-14(17)19(2)8-6-12(22)10-15(19)18(11)21/h10-11,13-14,17-18H,4-9H2,1-3H3/t11?,13-,14+,17-,18?,19+,20-/m0/s1. The molecule has 0 bridgehead atoms. The van der Waals surface area contributed by atoms with E-state index in [0.717, 1.165) is 32.1 Å². The van der Waals surface area contributed by atoms with Crippen LogP contribution in [0, 0.1) is 34.5 Å². The Morgan fingerprint density at radius 1 is 1.04 bits per heavy atom. The maximum absolute atomic E-state index is 12.5. The van der Waals surface area contributed by atoms with Gasteiger partial charge in [-0.05, 0) is 66.4 Å². The van der Waals surface area contributed by atoms with Crippen molar-refractivity contribution < 1.29 is 9.59 Å². The van der Waals surface area contributed by atoms with Crippen LogP contribution in [0.4, 0.5) is 0 Å². The molecule has 0 aliphatic heterocycles. The summed E-state index contributed by atoms with van der Waals surface area (Å²) in [5.74, 6) is 3.09. The van der Waals surface area contributed by atoms with Crippen molar-refractivity contribution in [3.05, 3.63) is 11.6 Å². The fourth-order valence-corrected chi connectivity index (χ4v) is 7.66. The molecular weight excluding hydrogens is 352 g/mol. The topological polar surface area (TPSA) is 34.1 Å². The van der Waals surface area contributed by atoms with Gasteiger partial charge in [-0.25, -0.2) is 0 Å². The van der Waals surface area contributed by atoms with Crippen LogP contribution >= 0.6 is 15.9 Å². The number of carbonyl (C=O) groups is 2. The lowest BCUT2D eigenvalue weighted by Gasteiger charge is -2.60. The molecule has 0 radical (unpaired) electrons. The number of alkyl halides is 1. The minimum absolute atomic E-state index is 0.0792.